The lowest BCUT2D eigenvalue weighted by Gasteiger charge is -2.18. The molecule has 352 valence electrons. The molecule has 76 heavy (non-hydrogen) atoms. The van der Waals surface area contributed by atoms with Gasteiger partial charge in [-0.25, -0.2) is 0 Å². The van der Waals surface area contributed by atoms with E-state index in [1.54, 1.807) is 0 Å². The normalized spacial score (nSPS) is 12.2. The van der Waals surface area contributed by atoms with Crippen LogP contribution in [0.4, 0.5) is 0 Å². The number of hydrogen-bond donors (Lipinski definition) is 1. The number of benzene rings is 11. The summed E-state index contributed by atoms with van der Waals surface area (Å²) >= 11 is 0. The molecule has 0 aliphatic carbocycles. The first kappa shape index (κ1) is 40.9. The molecule has 6 heterocycles. The lowest BCUT2D eigenvalue weighted by molar-refractivity contribution is 0.668. The largest absolute Gasteiger partial charge is 0.456 e. The van der Waals surface area contributed by atoms with E-state index in [2.05, 4.69) is 137 Å². The highest BCUT2D eigenvalue weighted by Crippen LogP contribution is 2.47. The van der Waals surface area contributed by atoms with Crippen molar-refractivity contribution in [1.29, 1.82) is 10.7 Å². The average Bonchev–Trinajstić information content (AvgIpc) is 4.44. The standard InChI is InChI=1S/C68H36N4O4/c69-35-41-31-57(71-53-25-19-37(39-17-21-47-43-9-1-5-13-59(43)73-63(47)33-39)29-51(53)65-55(71)27-23-49-45-11-3-7-15-61(45)75-67(49)65)58(32-42(41)36-70)72-54-26-20-38(40-18-22-48-44-10-2-6-14-60(44)74-64(48)34-40)30-52(54)66-56(72)28-24-50-46-12-4-8-16-62(46)76-68(50)66/h1-35,69H. The van der Waals surface area contributed by atoms with Gasteiger partial charge in [0.25, 0.3) is 0 Å². The van der Waals surface area contributed by atoms with Gasteiger partial charge in [-0.15, -0.1) is 0 Å². The molecule has 8 nitrogen and oxygen atoms in total. The third kappa shape index (κ3) is 5.52. The van der Waals surface area contributed by atoms with Crippen molar-refractivity contribution in [1.82, 2.24) is 9.13 Å². The van der Waals surface area contributed by atoms with E-state index >= 15 is 0 Å². The molecule has 0 spiro atoms. The molecule has 0 saturated heterocycles. The zero-order valence-corrected chi connectivity index (χ0v) is 40.2. The fourth-order valence-electron chi connectivity index (χ4n) is 12.4. The van der Waals surface area contributed by atoms with E-state index in [4.69, 9.17) is 23.1 Å². The number of aromatic nitrogens is 2. The Balaban J connectivity index is 0.963. The molecule has 11 aromatic carbocycles. The Morgan fingerprint density at radius 3 is 1.17 bits per heavy atom. The second kappa shape index (κ2) is 15.0. The summed E-state index contributed by atoms with van der Waals surface area (Å²) < 4.78 is 31.1. The quantitative estimate of drug-likeness (QED) is 0.173. The van der Waals surface area contributed by atoms with Crippen molar-refractivity contribution in [3.8, 4) is 39.7 Å². The molecule has 17 aromatic rings. The number of rotatable bonds is 5. The van der Waals surface area contributed by atoms with Crippen LogP contribution in [0.1, 0.15) is 11.1 Å². The Hall–Kier alpha value is -10.6. The molecule has 0 saturated carbocycles. The van der Waals surface area contributed by atoms with E-state index in [9.17, 15) is 5.26 Å². The number of nitrogens with one attached hydrogen (secondary N) is 1. The molecule has 0 aliphatic heterocycles. The van der Waals surface area contributed by atoms with Crippen LogP contribution >= 0.6 is 0 Å². The van der Waals surface area contributed by atoms with E-state index in [0.29, 0.717) is 11.1 Å². The second-order valence-corrected chi connectivity index (χ2v) is 19.8. The Morgan fingerprint density at radius 1 is 0.342 bits per heavy atom. The summed E-state index contributed by atoms with van der Waals surface area (Å²) in [5.41, 5.74) is 16.7. The van der Waals surface area contributed by atoms with Crippen molar-refractivity contribution in [2.24, 2.45) is 0 Å². The summed E-state index contributed by atoms with van der Waals surface area (Å²) in [4.78, 5) is 0. The summed E-state index contributed by atoms with van der Waals surface area (Å²) in [6.07, 6.45) is 1.28. The van der Waals surface area contributed by atoms with Gasteiger partial charge in [-0.3, -0.25) is 0 Å². The van der Waals surface area contributed by atoms with E-state index < -0.39 is 0 Å². The minimum atomic E-state index is 0.382. The van der Waals surface area contributed by atoms with Crippen molar-refractivity contribution < 1.29 is 17.7 Å². The van der Waals surface area contributed by atoms with Crippen LogP contribution < -0.4 is 0 Å². The van der Waals surface area contributed by atoms with Crippen molar-refractivity contribution in [3.63, 3.8) is 0 Å². The molecule has 0 aliphatic rings. The maximum atomic E-state index is 10.9. The van der Waals surface area contributed by atoms with Gasteiger partial charge in [0.05, 0.1) is 55.8 Å². The number of nitriles is 1. The van der Waals surface area contributed by atoms with Crippen molar-refractivity contribution in [3.05, 3.63) is 217 Å². The van der Waals surface area contributed by atoms with Crippen LogP contribution in [0, 0.1) is 16.7 Å². The highest BCUT2D eigenvalue weighted by molar-refractivity contribution is 6.26. The number of hydrogen-bond acceptors (Lipinski definition) is 6. The molecule has 0 unspecified atom stereocenters. The van der Waals surface area contributed by atoms with Gasteiger partial charge in [0, 0.05) is 65.6 Å². The maximum Gasteiger partial charge on any atom is 0.145 e. The number of fused-ring (bicyclic) bond motifs is 20. The number of furan rings is 4. The monoisotopic (exact) mass is 972 g/mol. The minimum Gasteiger partial charge on any atom is -0.456 e. The van der Waals surface area contributed by atoms with Crippen molar-refractivity contribution in [2.45, 2.75) is 0 Å². The molecule has 0 amide bonds. The molecule has 1 N–H and O–H groups in total. The van der Waals surface area contributed by atoms with E-state index in [-0.39, 0.29) is 0 Å². The molecular formula is C68H36N4O4. The zero-order chi connectivity index (χ0) is 49.9. The van der Waals surface area contributed by atoms with Crippen molar-refractivity contribution in [2.75, 3.05) is 0 Å². The number of para-hydroxylation sites is 4. The molecule has 17 rings (SSSR count). The second-order valence-electron chi connectivity index (χ2n) is 19.8. The van der Waals surface area contributed by atoms with Gasteiger partial charge >= 0.3 is 0 Å². The van der Waals surface area contributed by atoms with Gasteiger partial charge < -0.3 is 32.2 Å². The highest BCUT2D eigenvalue weighted by Gasteiger charge is 2.26. The maximum absolute atomic E-state index is 10.9. The van der Waals surface area contributed by atoms with Gasteiger partial charge in [-0.1, -0.05) is 97.1 Å². The Labute approximate surface area is 430 Å². The van der Waals surface area contributed by atoms with Gasteiger partial charge in [0.2, 0.25) is 0 Å². The van der Waals surface area contributed by atoms with Gasteiger partial charge in [-0.05, 0) is 131 Å². The average molecular weight is 973 g/mol. The Morgan fingerprint density at radius 2 is 0.711 bits per heavy atom. The molecule has 0 bridgehead atoms. The first-order valence-corrected chi connectivity index (χ1v) is 25.3. The van der Waals surface area contributed by atoms with Crippen LogP contribution in [0.25, 0.3) is 165 Å². The molecular weight excluding hydrogens is 937 g/mol. The van der Waals surface area contributed by atoms with Crippen LogP contribution in [0.15, 0.2) is 224 Å². The first-order chi connectivity index (χ1) is 37.6. The van der Waals surface area contributed by atoms with E-state index in [1.165, 1.54) is 6.21 Å². The first-order valence-electron chi connectivity index (χ1n) is 25.3. The molecule has 8 heteroatoms. The topological polar surface area (TPSA) is 110 Å². The highest BCUT2D eigenvalue weighted by atomic mass is 16.3. The fraction of sp³-hybridized carbons (Fsp3) is 0. The predicted molar refractivity (Wildman–Crippen MR) is 308 cm³/mol. The Kier molecular flexibility index (Phi) is 8.07. The molecule has 0 radical (unpaired) electrons. The smallest absolute Gasteiger partial charge is 0.145 e. The summed E-state index contributed by atoms with van der Waals surface area (Å²) in [5, 5.41) is 31.9. The summed E-state index contributed by atoms with van der Waals surface area (Å²) in [6.45, 7) is 0. The number of nitrogens with zero attached hydrogens (tertiary/aromatic N) is 3. The van der Waals surface area contributed by atoms with Crippen LogP contribution in [0.3, 0.4) is 0 Å². The lowest BCUT2D eigenvalue weighted by Crippen LogP contribution is -2.06. The van der Waals surface area contributed by atoms with Gasteiger partial charge in [-0.2, -0.15) is 5.26 Å². The van der Waals surface area contributed by atoms with Gasteiger partial charge in [0.15, 0.2) is 0 Å². The predicted octanol–water partition coefficient (Wildman–Crippen LogP) is 18.7. The fourth-order valence-corrected chi connectivity index (χ4v) is 12.4. The zero-order valence-electron chi connectivity index (χ0n) is 40.2. The van der Waals surface area contributed by atoms with Crippen molar-refractivity contribution >= 4 is 138 Å². The van der Waals surface area contributed by atoms with E-state index in [0.717, 1.165) is 165 Å². The molecule has 0 fully saturated rings. The lowest BCUT2D eigenvalue weighted by atomic mass is 10.0. The third-order valence-corrected chi connectivity index (χ3v) is 15.9. The molecule has 0 atom stereocenters. The molecule has 6 aromatic heterocycles. The Bertz CT molecular complexity index is 5470. The van der Waals surface area contributed by atoms with Crippen LogP contribution in [-0.2, 0) is 0 Å². The summed E-state index contributed by atoms with van der Waals surface area (Å²) in [7, 11) is 0. The van der Waals surface area contributed by atoms with E-state index in [1.807, 2.05) is 84.9 Å². The summed E-state index contributed by atoms with van der Waals surface area (Å²) in [5.74, 6) is 0. The minimum absolute atomic E-state index is 0.382. The van der Waals surface area contributed by atoms with Crippen LogP contribution in [0.2, 0.25) is 0 Å². The van der Waals surface area contributed by atoms with Gasteiger partial charge in [0.1, 0.15) is 44.7 Å². The van der Waals surface area contributed by atoms with Crippen LogP contribution in [0.5, 0.6) is 0 Å². The third-order valence-electron chi connectivity index (χ3n) is 15.9. The summed E-state index contributed by atoms with van der Waals surface area (Å²) in [6, 6.07) is 73.8. The van der Waals surface area contributed by atoms with Crippen LogP contribution in [-0.4, -0.2) is 15.3 Å². The SMILES string of the molecule is N#Cc1cc(-n2c3ccc(-c4ccc5c(c4)oc4ccccc45)cc3c3c4oc5ccccc5c4ccc32)c(-n2c3ccc(-c4ccc5c(c4)oc4ccccc45)cc3c3c4oc5ccccc5c4ccc32)cc1C=N.